The molecule has 0 amide bonds. The van der Waals surface area contributed by atoms with Crippen molar-refractivity contribution in [3.63, 3.8) is 0 Å². The Labute approximate surface area is 188 Å². The van der Waals surface area contributed by atoms with Crippen LogP contribution >= 0.6 is 0 Å². The van der Waals surface area contributed by atoms with Crippen molar-refractivity contribution < 1.29 is 23.1 Å². The summed E-state index contributed by atoms with van der Waals surface area (Å²) in [7, 11) is -3.21. The number of aliphatic hydroxyl groups excluding tert-OH is 1. The van der Waals surface area contributed by atoms with E-state index in [-0.39, 0.29) is 24.1 Å². The number of carbonyl (C=O) groups excluding carboxylic acids is 1. The highest BCUT2D eigenvalue weighted by Gasteiger charge is 2.31. The molecule has 0 aromatic heterocycles. The fraction of sp³-hybridized carbons (Fsp3) is 0.417. The normalized spacial score (nSPS) is 17.3. The van der Waals surface area contributed by atoms with Gasteiger partial charge >= 0.3 is 5.97 Å². The summed E-state index contributed by atoms with van der Waals surface area (Å²) in [5, 5.41) is 10.7. The number of hydrogen-bond acceptors (Lipinski definition) is 6. The van der Waals surface area contributed by atoms with Crippen molar-refractivity contribution in [2.24, 2.45) is 5.92 Å². The number of aliphatic hydroxyl groups is 1. The number of β-amino-alcohol motifs (C(OH)–C–C–N with tert-alkyl or cyclic N) is 1. The minimum absolute atomic E-state index is 0.00967. The summed E-state index contributed by atoms with van der Waals surface area (Å²) in [5.74, 6) is 0.111. The van der Waals surface area contributed by atoms with Crippen molar-refractivity contribution in [3.8, 4) is 0 Å². The number of cyclic esters (lactones) is 1. The molecule has 7 nitrogen and oxygen atoms in total. The molecule has 0 aliphatic carbocycles. The summed E-state index contributed by atoms with van der Waals surface area (Å²) in [5.41, 5.74) is 4.33. The SMILES string of the molecule is [C-]#[N+]c1ccc(CS(=O)(=O)CCC2CN(C[C@H](O)c3ccc4c(c3C)COC4=O)C2)cc1. The molecule has 0 bridgehead atoms. The standard InChI is InChI=1S/C24H26N2O5S/c1-16-20(7-8-21-22(16)14-31-24(21)28)23(27)13-26-11-18(12-26)9-10-32(29,30)15-17-3-5-19(25-2)6-4-17/h3-8,18,23,27H,9-15H2,1H3/t23-/m0/s1. The number of nitrogens with zero attached hydrogens (tertiary/aromatic N) is 2. The summed E-state index contributed by atoms with van der Waals surface area (Å²) < 4.78 is 30.0. The molecule has 32 heavy (non-hydrogen) atoms. The second-order valence-corrected chi connectivity index (χ2v) is 10.8. The van der Waals surface area contributed by atoms with Gasteiger partial charge < -0.3 is 9.84 Å². The molecule has 168 valence electrons. The van der Waals surface area contributed by atoms with Gasteiger partial charge in [0.1, 0.15) is 6.61 Å². The van der Waals surface area contributed by atoms with Crippen LogP contribution < -0.4 is 0 Å². The fourth-order valence-corrected chi connectivity index (χ4v) is 5.96. The number of likely N-dealkylation sites (tertiary alicyclic amines) is 1. The average Bonchev–Trinajstić information content (AvgIpc) is 3.11. The maximum Gasteiger partial charge on any atom is 0.338 e. The molecule has 0 saturated carbocycles. The van der Waals surface area contributed by atoms with Crippen LogP contribution in [0.4, 0.5) is 5.69 Å². The molecule has 2 aliphatic rings. The smallest absolute Gasteiger partial charge is 0.338 e. The van der Waals surface area contributed by atoms with Crippen molar-refractivity contribution in [1.29, 1.82) is 0 Å². The van der Waals surface area contributed by atoms with Gasteiger partial charge in [0, 0.05) is 25.2 Å². The summed E-state index contributed by atoms with van der Waals surface area (Å²) >= 11 is 0. The first kappa shape index (κ1) is 22.5. The number of carbonyl (C=O) groups is 1. The van der Waals surface area contributed by atoms with E-state index >= 15 is 0 Å². The Morgan fingerprint density at radius 1 is 1.22 bits per heavy atom. The highest BCUT2D eigenvalue weighted by atomic mass is 32.2. The quantitative estimate of drug-likeness (QED) is 0.487. The first-order valence-electron chi connectivity index (χ1n) is 10.6. The van der Waals surface area contributed by atoms with E-state index in [9.17, 15) is 18.3 Å². The number of sulfone groups is 1. The Bertz CT molecular complexity index is 1160. The monoisotopic (exact) mass is 454 g/mol. The zero-order valence-corrected chi connectivity index (χ0v) is 18.8. The van der Waals surface area contributed by atoms with Crippen LogP contribution in [-0.2, 0) is 26.9 Å². The van der Waals surface area contributed by atoms with Crippen molar-refractivity contribution >= 4 is 21.5 Å². The third-order valence-electron chi connectivity index (χ3n) is 6.32. The number of ether oxygens (including phenoxy) is 1. The van der Waals surface area contributed by atoms with Crippen LogP contribution in [0.25, 0.3) is 4.85 Å². The van der Waals surface area contributed by atoms with E-state index in [1.807, 2.05) is 6.92 Å². The molecule has 1 N–H and O–H groups in total. The van der Waals surface area contributed by atoms with Crippen LogP contribution in [0.1, 0.15) is 45.1 Å². The molecule has 0 spiro atoms. The summed E-state index contributed by atoms with van der Waals surface area (Å²) in [4.78, 5) is 17.1. The first-order valence-corrected chi connectivity index (χ1v) is 12.4. The molecule has 1 fully saturated rings. The zero-order valence-electron chi connectivity index (χ0n) is 18.0. The lowest BCUT2D eigenvalue weighted by Crippen LogP contribution is -2.48. The van der Waals surface area contributed by atoms with E-state index in [4.69, 9.17) is 11.3 Å². The molecule has 8 heteroatoms. The largest absolute Gasteiger partial charge is 0.457 e. The Morgan fingerprint density at radius 2 is 1.94 bits per heavy atom. The number of esters is 1. The summed E-state index contributed by atoms with van der Waals surface area (Å²) in [6.07, 6.45) is -0.0639. The maximum absolute atomic E-state index is 12.4. The van der Waals surface area contributed by atoms with E-state index in [1.165, 1.54) is 0 Å². The van der Waals surface area contributed by atoms with Crippen LogP contribution in [0.5, 0.6) is 0 Å². The third kappa shape index (κ3) is 4.85. The molecule has 2 heterocycles. The number of benzene rings is 2. The molecule has 2 aliphatic heterocycles. The lowest BCUT2D eigenvalue weighted by molar-refractivity contribution is 0.0384. The van der Waals surface area contributed by atoms with Gasteiger partial charge in [-0.05, 0) is 42.0 Å². The molecule has 2 aromatic carbocycles. The number of fused-ring (bicyclic) bond motifs is 1. The van der Waals surface area contributed by atoms with Crippen molar-refractivity contribution in [3.05, 3.63) is 75.6 Å². The van der Waals surface area contributed by atoms with Gasteiger partial charge in [-0.15, -0.1) is 0 Å². The Kier molecular flexibility index (Phi) is 6.33. The average molecular weight is 455 g/mol. The Morgan fingerprint density at radius 3 is 2.62 bits per heavy atom. The second-order valence-electron chi connectivity index (χ2n) is 8.64. The lowest BCUT2D eigenvalue weighted by atomic mass is 9.93. The Balaban J connectivity index is 1.24. The summed E-state index contributed by atoms with van der Waals surface area (Å²) in [6.45, 7) is 11.1. The lowest BCUT2D eigenvalue weighted by Gasteiger charge is -2.40. The van der Waals surface area contributed by atoms with Gasteiger partial charge in [0.25, 0.3) is 0 Å². The van der Waals surface area contributed by atoms with Crippen molar-refractivity contribution in [1.82, 2.24) is 4.90 Å². The molecule has 0 radical (unpaired) electrons. The van der Waals surface area contributed by atoms with Crippen LogP contribution in [0.3, 0.4) is 0 Å². The van der Waals surface area contributed by atoms with Crippen molar-refractivity contribution in [2.45, 2.75) is 31.8 Å². The third-order valence-corrected chi connectivity index (χ3v) is 7.95. The zero-order chi connectivity index (χ0) is 22.9. The molecule has 2 aromatic rings. The van der Waals surface area contributed by atoms with Gasteiger partial charge in [-0.3, -0.25) is 4.90 Å². The second kappa shape index (κ2) is 9.02. The van der Waals surface area contributed by atoms with Crippen LogP contribution in [0, 0.1) is 19.4 Å². The first-order chi connectivity index (χ1) is 15.3. The number of rotatable bonds is 8. The van der Waals surface area contributed by atoms with Gasteiger partial charge in [-0.25, -0.2) is 18.1 Å². The fourth-order valence-electron chi connectivity index (χ4n) is 4.42. The highest BCUT2D eigenvalue weighted by molar-refractivity contribution is 7.90. The van der Waals surface area contributed by atoms with E-state index in [0.29, 0.717) is 35.7 Å². The van der Waals surface area contributed by atoms with Gasteiger partial charge in [0.2, 0.25) is 0 Å². The van der Waals surface area contributed by atoms with E-state index in [1.54, 1.807) is 36.4 Å². The van der Waals surface area contributed by atoms with Gasteiger partial charge in [-0.2, -0.15) is 0 Å². The molecule has 1 atom stereocenters. The molecule has 0 unspecified atom stereocenters. The molecular formula is C24H26N2O5S. The maximum atomic E-state index is 12.4. The van der Waals surface area contributed by atoms with Crippen molar-refractivity contribution in [2.75, 3.05) is 25.4 Å². The van der Waals surface area contributed by atoms with Crippen LogP contribution in [-0.4, -0.2) is 49.8 Å². The predicted octanol–water partition coefficient (Wildman–Crippen LogP) is 3.19. The van der Waals surface area contributed by atoms with Crippen LogP contribution in [0.2, 0.25) is 0 Å². The van der Waals surface area contributed by atoms with E-state index in [0.717, 1.165) is 29.8 Å². The van der Waals surface area contributed by atoms with Gasteiger partial charge in [0.05, 0.1) is 29.7 Å². The molecule has 4 rings (SSSR count). The molecular weight excluding hydrogens is 428 g/mol. The van der Waals surface area contributed by atoms with Gasteiger partial charge in [0.15, 0.2) is 15.5 Å². The van der Waals surface area contributed by atoms with E-state index < -0.39 is 15.9 Å². The van der Waals surface area contributed by atoms with Crippen LogP contribution in [0.15, 0.2) is 36.4 Å². The summed E-state index contributed by atoms with van der Waals surface area (Å²) in [6, 6.07) is 10.2. The minimum atomic E-state index is -3.21. The predicted molar refractivity (Wildman–Crippen MR) is 120 cm³/mol. The van der Waals surface area contributed by atoms with E-state index in [2.05, 4.69) is 9.74 Å². The minimum Gasteiger partial charge on any atom is -0.457 e. The Hall–Kier alpha value is -2.73. The van der Waals surface area contributed by atoms with Gasteiger partial charge in [-0.1, -0.05) is 30.3 Å². The molecule has 1 saturated heterocycles. The highest BCUT2D eigenvalue weighted by Crippen LogP contribution is 2.31. The topological polar surface area (TPSA) is 88.3 Å². The number of hydrogen-bond donors (Lipinski definition) is 1.